The second-order valence-electron chi connectivity index (χ2n) is 6.16. The lowest BCUT2D eigenvalue weighted by Gasteiger charge is -2.13. The topological polar surface area (TPSA) is 84.2 Å². The average Bonchev–Trinajstić information content (AvgIpc) is 3.00. The Morgan fingerprint density at radius 2 is 2.00 bits per heavy atom. The van der Waals surface area contributed by atoms with Crippen molar-refractivity contribution in [3.8, 4) is 0 Å². The van der Waals surface area contributed by atoms with Crippen molar-refractivity contribution >= 4 is 17.6 Å². The Balaban J connectivity index is 1.50. The van der Waals surface area contributed by atoms with Gasteiger partial charge in [-0.15, -0.1) is 0 Å². The quantitative estimate of drug-likeness (QED) is 0.780. The third-order valence-electron chi connectivity index (χ3n) is 4.54. The van der Waals surface area contributed by atoms with Gasteiger partial charge in [0.05, 0.1) is 5.69 Å². The van der Waals surface area contributed by atoms with E-state index in [4.69, 9.17) is 5.73 Å². The highest BCUT2D eigenvalue weighted by Gasteiger charge is 2.21. The Kier molecular flexibility index (Phi) is 4.97. The molecular weight excluding hydrogens is 321 g/mol. The van der Waals surface area contributed by atoms with Crippen LogP contribution in [0.15, 0.2) is 42.5 Å². The van der Waals surface area contributed by atoms with Crippen molar-refractivity contribution in [2.75, 3.05) is 11.9 Å². The molecule has 130 valence electrons. The van der Waals surface area contributed by atoms with Crippen molar-refractivity contribution in [3.05, 3.63) is 65.0 Å². The molecule has 5 nitrogen and oxygen atoms in total. The monoisotopic (exact) mass is 341 g/mol. The predicted molar refractivity (Wildman–Crippen MR) is 94.1 cm³/mol. The van der Waals surface area contributed by atoms with Gasteiger partial charge < -0.3 is 16.4 Å². The zero-order chi connectivity index (χ0) is 17.8. The largest absolute Gasteiger partial charge is 0.366 e. The van der Waals surface area contributed by atoms with Gasteiger partial charge in [0.15, 0.2) is 0 Å². The number of hydrogen-bond donors (Lipinski definition) is 3. The summed E-state index contributed by atoms with van der Waals surface area (Å²) in [6, 6.07) is 11.6. The predicted octanol–water partition coefficient (Wildman–Crippen LogP) is 3.17. The molecule has 2 aromatic carbocycles. The number of nitrogens with two attached hydrogens (primary N) is 1. The Bertz CT molecular complexity index is 807. The highest BCUT2D eigenvalue weighted by molar-refractivity contribution is 5.94. The number of rotatable bonds is 5. The SMILES string of the molecule is NC(=O)c1ccc(NC(=O)NCCC2CCc3ccccc32)c(F)c1. The van der Waals surface area contributed by atoms with E-state index in [2.05, 4.69) is 22.8 Å². The average molecular weight is 341 g/mol. The number of nitrogens with one attached hydrogen (secondary N) is 2. The van der Waals surface area contributed by atoms with Crippen LogP contribution in [0, 0.1) is 5.82 Å². The maximum Gasteiger partial charge on any atom is 0.319 e. The van der Waals surface area contributed by atoms with Gasteiger partial charge in [0.25, 0.3) is 0 Å². The summed E-state index contributed by atoms with van der Waals surface area (Å²) in [6.45, 7) is 0.506. The Labute approximate surface area is 145 Å². The van der Waals surface area contributed by atoms with Crippen molar-refractivity contribution in [1.29, 1.82) is 0 Å². The van der Waals surface area contributed by atoms with Crippen molar-refractivity contribution in [2.24, 2.45) is 5.73 Å². The van der Waals surface area contributed by atoms with Gasteiger partial charge in [0, 0.05) is 12.1 Å². The van der Waals surface area contributed by atoms with Gasteiger partial charge in [-0.2, -0.15) is 0 Å². The molecule has 0 saturated carbocycles. The first-order valence-electron chi connectivity index (χ1n) is 8.26. The zero-order valence-electron chi connectivity index (χ0n) is 13.7. The molecule has 6 heteroatoms. The molecule has 0 heterocycles. The smallest absolute Gasteiger partial charge is 0.319 e. The summed E-state index contributed by atoms with van der Waals surface area (Å²) in [4.78, 5) is 22.9. The van der Waals surface area contributed by atoms with Crippen LogP contribution in [0.3, 0.4) is 0 Å². The molecule has 25 heavy (non-hydrogen) atoms. The van der Waals surface area contributed by atoms with Crippen LogP contribution >= 0.6 is 0 Å². The van der Waals surface area contributed by atoms with E-state index >= 15 is 0 Å². The molecule has 1 unspecified atom stereocenters. The van der Waals surface area contributed by atoms with E-state index in [1.165, 1.54) is 23.3 Å². The van der Waals surface area contributed by atoms with Crippen LogP contribution < -0.4 is 16.4 Å². The molecule has 0 saturated heterocycles. The lowest BCUT2D eigenvalue weighted by molar-refractivity contribution is 0.1000. The number of hydrogen-bond acceptors (Lipinski definition) is 2. The first-order valence-corrected chi connectivity index (χ1v) is 8.26. The van der Waals surface area contributed by atoms with Crippen molar-refractivity contribution < 1.29 is 14.0 Å². The molecule has 1 aliphatic carbocycles. The number of carbonyl (C=O) groups is 2. The Morgan fingerprint density at radius 1 is 1.20 bits per heavy atom. The molecule has 1 aliphatic rings. The normalized spacial score (nSPS) is 15.5. The second-order valence-corrected chi connectivity index (χ2v) is 6.16. The maximum absolute atomic E-state index is 13.9. The molecule has 0 radical (unpaired) electrons. The van der Waals surface area contributed by atoms with E-state index in [0.717, 1.165) is 25.3 Å². The number of carbonyl (C=O) groups excluding carboxylic acids is 2. The number of benzene rings is 2. The van der Waals surface area contributed by atoms with E-state index in [-0.39, 0.29) is 11.3 Å². The molecular formula is C19H20FN3O2. The number of aryl methyl sites for hydroxylation is 1. The third kappa shape index (κ3) is 3.96. The zero-order valence-corrected chi connectivity index (χ0v) is 13.7. The van der Waals surface area contributed by atoms with E-state index in [9.17, 15) is 14.0 Å². The molecule has 0 fully saturated rings. The number of halogens is 1. The van der Waals surface area contributed by atoms with Crippen LogP contribution in [0.25, 0.3) is 0 Å². The summed E-state index contributed by atoms with van der Waals surface area (Å²) in [6.07, 6.45) is 3.00. The molecule has 3 amide bonds. The van der Waals surface area contributed by atoms with E-state index in [1.54, 1.807) is 0 Å². The van der Waals surface area contributed by atoms with Crippen molar-refractivity contribution in [2.45, 2.75) is 25.2 Å². The summed E-state index contributed by atoms with van der Waals surface area (Å²) in [5, 5.41) is 5.19. The van der Waals surface area contributed by atoms with Gasteiger partial charge in [0.2, 0.25) is 5.91 Å². The summed E-state index contributed by atoms with van der Waals surface area (Å²) in [7, 11) is 0. The molecule has 3 rings (SSSR count). The molecule has 0 aliphatic heterocycles. The Hall–Kier alpha value is -2.89. The Morgan fingerprint density at radius 3 is 2.76 bits per heavy atom. The first-order chi connectivity index (χ1) is 12.0. The molecule has 0 spiro atoms. The number of urea groups is 1. The highest BCUT2D eigenvalue weighted by Crippen LogP contribution is 2.34. The van der Waals surface area contributed by atoms with Gasteiger partial charge in [-0.05, 0) is 54.5 Å². The van der Waals surface area contributed by atoms with Crippen LogP contribution in [0.4, 0.5) is 14.9 Å². The second kappa shape index (κ2) is 7.34. The standard InChI is InChI=1S/C19H20FN3O2/c20-16-11-14(18(21)24)7-8-17(16)23-19(25)22-10-9-13-6-5-12-3-1-2-4-15(12)13/h1-4,7-8,11,13H,5-6,9-10H2,(H2,21,24)(H2,22,23,25). The summed E-state index contributed by atoms with van der Waals surface area (Å²) in [5.74, 6) is -0.967. The van der Waals surface area contributed by atoms with Gasteiger partial charge in [0.1, 0.15) is 5.82 Å². The van der Waals surface area contributed by atoms with Crippen LogP contribution in [-0.2, 0) is 6.42 Å². The lowest BCUT2D eigenvalue weighted by atomic mass is 9.98. The summed E-state index contributed by atoms with van der Waals surface area (Å²) < 4.78 is 13.9. The molecule has 4 N–H and O–H groups in total. The minimum atomic E-state index is -0.716. The van der Waals surface area contributed by atoms with E-state index < -0.39 is 17.8 Å². The minimum Gasteiger partial charge on any atom is -0.366 e. The van der Waals surface area contributed by atoms with Gasteiger partial charge in [-0.25, -0.2) is 9.18 Å². The van der Waals surface area contributed by atoms with Crippen LogP contribution in [0.5, 0.6) is 0 Å². The van der Waals surface area contributed by atoms with E-state index in [1.807, 2.05) is 12.1 Å². The van der Waals surface area contributed by atoms with Crippen LogP contribution in [0.2, 0.25) is 0 Å². The minimum absolute atomic E-state index is 0.00807. The fourth-order valence-corrected chi connectivity index (χ4v) is 3.24. The molecule has 0 aromatic heterocycles. The summed E-state index contributed by atoms with van der Waals surface area (Å²) in [5.41, 5.74) is 7.90. The maximum atomic E-state index is 13.9. The number of anilines is 1. The van der Waals surface area contributed by atoms with Crippen LogP contribution in [0.1, 0.15) is 40.2 Å². The number of amides is 3. The van der Waals surface area contributed by atoms with Gasteiger partial charge in [-0.3, -0.25) is 4.79 Å². The number of fused-ring (bicyclic) bond motifs is 1. The molecule has 0 bridgehead atoms. The van der Waals surface area contributed by atoms with Gasteiger partial charge >= 0.3 is 6.03 Å². The summed E-state index contributed by atoms with van der Waals surface area (Å²) >= 11 is 0. The lowest BCUT2D eigenvalue weighted by Crippen LogP contribution is -2.30. The highest BCUT2D eigenvalue weighted by atomic mass is 19.1. The number of primary amides is 1. The van der Waals surface area contributed by atoms with E-state index in [0.29, 0.717) is 12.5 Å². The first kappa shape index (κ1) is 17.0. The van der Waals surface area contributed by atoms with Crippen molar-refractivity contribution in [1.82, 2.24) is 5.32 Å². The molecule has 1 atom stereocenters. The third-order valence-corrected chi connectivity index (χ3v) is 4.54. The van der Waals surface area contributed by atoms with Crippen molar-refractivity contribution in [3.63, 3.8) is 0 Å². The fraction of sp³-hybridized carbons (Fsp3) is 0.263. The molecule has 2 aromatic rings. The fourth-order valence-electron chi connectivity index (χ4n) is 3.24. The van der Waals surface area contributed by atoms with Crippen LogP contribution in [-0.4, -0.2) is 18.5 Å². The van der Waals surface area contributed by atoms with Gasteiger partial charge in [-0.1, -0.05) is 24.3 Å².